The highest BCUT2D eigenvalue weighted by Crippen LogP contribution is 2.38. The summed E-state index contributed by atoms with van der Waals surface area (Å²) in [7, 11) is 0. The van der Waals surface area contributed by atoms with Crippen molar-refractivity contribution in [2.24, 2.45) is 11.8 Å². The smallest absolute Gasteiger partial charge is 0.160 e. The lowest BCUT2D eigenvalue weighted by atomic mass is 9.75. The number of thiophene rings is 1. The van der Waals surface area contributed by atoms with E-state index in [1.165, 1.54) is 50.9 Å². The van der Waals surface area contributed by atoms with Gasteiger partial charge in [0.25, 0.3) is 0 Å². The van der Waals surface area contributed by atoms with Crippen LogP contribution in [0.1, 0.15) is 41.8 Å². The summed E-state index contributed by atoms with van der Waals surface area (Å²) in [5, 5.41) is 2.13. The molecule has 1 saturated carbocycles. The Hall–Kier alpha value is -0.830. The van der Waals surface area contributed by atoms with Gasteiger partial charge >= 0.3 is 0 Å². The van der Waals surface area contributed by atoms with Crippen molar-refractivity contribution in [2.45, 2.75) is 32.1 Å². The fourth-order valence-electron chi connectivity index (χ4n) is 3.41. The molecule has 0 bridgehead atoms. The molecule has 0 radical (unpaired) electrons. The van der Waals surface area contributed by atoms with E-state index in [0.29, 0.717) is 0 Å². The SMILES string of the molecule is O=Cc1cc(N2CCC3CCCCC3C2)cs1. The van der Waals surface area contributed by atoms with E-state index in [9.17, 15) is 4.79 Å². The van der Waals surface area contributed by atoms with Crippen LogP contribution in [-0.4, -0.2) is 19.4 Å². The van der Waals surface area contributed by atoms with Gasteiger partial charge in [-0.15, -0.1) is 11.3 Å². The van der Waals surface area contributed by atoms with Gasteiger partial charge in [0.15, 0.2) is 6.29 Å². The minimum absolute atomic E-state index is 0.853. The molecule has 1 aromatic rings. The second-order valence-electron chi connectivity index (χ2n) is 5.36. The Bertz CT molecular complexity index is 401. The van der Waals surface area contributed by atoms with Gasteiger partial charge in [0.05, 0.1) is 4.88 Å². The molecule has 0 spiro atoms. The quantitative estimate of drug-likeness (QED) is 0.747. The molecule has 2 atom stereocenters. The van der Waals surface area contributed by atoms with Gasteiger partial charge in [0, 0.05) is 24.2 Å². The topological polar surface area (TPSA) is 20.3 Å². The molecule has 0 N–H and O–H groups in total. The number of hydrogen-bond acceptors (Lipinski definition) is 3. The van der Waals surface area contributed by atoms with Gasteiger partial charge in [-0.2, -0.15) is 0 Å². The number of carbonyl (C=O) groups excluding carboxylic acids is 1. The Kier molecular flexibility index (Phi) is 3.19. The zero-order chi connectivity index (χ0) is 11.7. The van der Waals surface area contributed by atoms with Gasteiger partial charge in [-0.3, -0.25) is 4.79 Å². The third-order valence-corrected chi connectivity index (χ3v) is 5.22. The normalized spacial score (nSPS) is 28.8. The van der Waals surface area contributed by atoms with E-state index in [2.05, 4.69) is 10.3 Å². The van der Waals surface area contributed by atoms with Gasteiger partial charge in [-0.05, 0) is 30.7 Å². The van der Waals surface area contributed by atoms with Crippen molar-refractivity contribution in [3.05, 3.63) is 16.3 Å². The number of piperidine rings is 1. The standard InChI is InChI=1S/C14H19NOS/c16-9-14-7-13(10-17-14)15-6-5-11-3-1-2-4-12(11)8-15/h7,9-12H,1-6,8H2. The van der Waals surface area contributed by atoms with Crippen LogP contribution in [0.3, 0.4) is 0 Å². The molecule has 3 rings (SSSR count). The first-order chi connectivity index (χ1) is 8.36. The van der Waals surface area contributed by atoms with Gasteiger partial charge < -0.3 is 4.90 Å². The maximum atomic E-state index is 10.7. The van der Waals surface area contributed by atoms with Gasteiger partial charge in [0.1, 0.15) is 0 Å². The first-order valence-electron chi connectivity index (χ1n) is 6.65. The molecule has 1 saturated heterocycles. The highest BCUT2D eigenvalue weighted by Gasteiger charge is 2.31. The molecular formula is C14H19NOS. The summed E-state index contributed by atoms with van der Waals surface area (Å²) in [6.07, 6.45) is 8.01. The number of fused-ring (bicyclic) bond motifs is 1. The number of rotatable bonds is 2. The molecule has 2 unspecified atom stereocenters. The second kappa shape index (κ2) is 4.81. The Labute approximate surface area is 107 Å². The van der Waals surface area contributed by atoms with Crippen LogP contribution in [0.4, 0.5) is 5.69 Å². The van der Waals surface area contributed by atoms with Crippen molar-refractivity contribution in [1.29, 1.82) is 0 Å². The Morgan fingerprint density at radius 1 is 1.24 bits per heavy atom. The molecular weight excluding hydrogens is 230 g/mol. The van der Waals surface area contributed by atoms with Crippen molar-refractivity contribution < 1.29 is 4.79 Å². The summed E-state index contributed by atoms with van der Waals surface area (Å²) >= 11 is 1.56. The lowest BCUT2D eigenvalue weighted by Crippen LogP contribution is -2.41. The first-order valence-corrected chi connectivity index (χ1v) is 7.53. The Morgan fingerprint density at radius 2 is 2.06 bits per heavy atom. The average molecular weight is 249 g/mol. The number of carbonyl (C=O) groups is 1. The molecule has 1 aromatic heterocycles. The molecule has 2 fully saturated rings. The highest BCUT2D eigenvalue weighted by molar-refractivity contribution is 7.12. The third kappa shape index (κ3) is 2.25. The number of aldehydes is 1. The predicted octanol–water partition coefficient (Wildman–Crippen LogP) is 3.58. The van der Waals surface area contributed by atoms with E-state index in [1.807, 2.05) is 6.07 Å². The monoisotopic (exact) mass is 249 g/mol. The summed E-state index contributed by atoms with van der Waals surface area (Å²) in [6, 6.07) is 2.04. The summed E-state index contributed by atoms with van der Waals surface area (Å²) in [6.45, 7) is 2.38. The molecule has 2 aliphatic rings. The van der Waals surface area contributed by atoms with E-state index < -0.39 is 0 Å². The fourth-order valence-corrected chi connectivity index (χ4v) is 4.12. The molecule has 17 heavy (non-hydrogen) atoms. The highest BCUT2D eigenvalue weighted by atomic mass is 32.1. The first kappa shape index (κ1) is 11.3. The zero-order valence-electron chi connectivity index (χ0n) is 10.1. The molecule has 2 heterocycles. The fraction of sp³-hybridized carbons (Fsp3) is 0.643. The number of nitrogens with zero attached hydrogens (tertiary/aromatic N) is 1. The van der Waals surface area contributed by atoms with Crippen LogP contribution in [0.2, 0.25) is 0 Å². The summed E-state index contributed by atoms with van der Waals surface area (Å²) in [4.78, 5) is 14.1. The minimum atomic E-state index is 0.853. The Morgan fingerprint density at radius 3 is 2.82 bits per heavy atom. The second-order valence-corrected chi connectivity index (χ2v) is 6.31. The lowest BCUT2D eigenvalue weighted by Gasteiger charge is -2.42. The molecule has 0 amide bonds. The Balaban J connectivity index is 1.70. The van der Waals surface area contributed by atoms with Gasteiger partial charge in [-0.1, -0.05) is 19.3 Å². The van der Waals surface area contributed by atoms with Crippen molar-refractivity contribution in [1.82, 2.24) is 0 Å². The van der Waals surface area contributed by atoms with Crippen LogP contribution in [0.25, 0.3) is 0 Å². The van der Waals surface area contributed by atoms with Crippen LogP contribution in [-0.2, 0) is 0 Å². The summed E-state index contributed by atoms with van der Waals surface area (Å²) < 4.78 is 0. The van der Waals surface area contributed by atoms with Crippen molar-refractivity contribution in [3.63, 3.8) is 0 Å². The van der Waals surface area contributed by atoms with Crippen LogP contribution >= 0.6 is 11.3 Å². The van der Waals surface area contributed by atoms with Crippen LogP contribution in [0.5, 0.6) is 0 Å². The molecule has 0 aromatic carbocycles. The summed E-state index contributed by atoms with van der Waals surface area (Å²) in [5.41, 5.74) is 1.26. The van der Waals surface area contributed by atoms with Crippen molar-refractivity contribution in [2.75, 3.05) is 18.0 Å². The maximum Gasteiger partial charge on any atom is 0.160 e. The minimum Gasteiger partial charge on any atom is -0.371 e. The van der Waals surface area contributed by atoms with E-state index in [4.69, 9.17) is 0 Å². The largest absolute Gasteiger partial charge is 0.371 e. The van der Waals surface area contributed by atoms with Crippen molar-refractivity contribution in [3.8, 4) is 0 Å². The van der Waals surface area contributed by atoms with Crippen molar-refractivity contribution >= 4 is 23.3 Å². The van der Waals surface area contributed by atoms with E-state index >= 15 is 0 Å². The maximum absolute atomic E-state index is 10.7. The third-order valence-electron chi connectivity index (χ3n) is 4.38. The lowest BCUT2D eigenvalue weighted by molar-refractivity contribution is 0.112. The van der Waals surface area contributed by atoms with E-state index in [1.54, 1.807) is 11.3 Å². The van der Waals surface area contributed by atoms with Gasteiger partial charge in [-0.25, -0.2) is 0 Å². The molecule has 2 nitrogen and oxygen atoms in total. The number of hydrogen-bond donors (Lipinski definition) is 0. The predicted molar refractivity (Wildman–Crippen MR) is 72.0 cm³/mol. The van der Waals surface area contributed by atoms with Crippen LogP contribution in [0, 0.1) is 11.8 Å². The molecule has 1 aliphatic carbocycles. The van der Waals surface area contributed by atoms with Crippen LogP contribution in [0.15, 0.2) is 11.4 Å². The van der Waals surface area contributed by atoms with Crippen LogP contribution < -0.4 is 4.90 Å². The van der Waals surface area contributed by atoms with E-state index in [-0.39, 0.29) is 0 Å². The summed E-state index contributed by atoms with van der Waals surface area (Å²) in [5.74, 6) is 1.88. The van der Waals surface area contributed by atoms with E-state index in [0.717, 1.165) is 23.0 Å². The average Bonchev–Trinajstić information content (AvgIpc) is 2.87. The molecule has 1 aliphatic heterocycles. The van der Waals surface area contributed by atoms with Gasteiger partial charge in [0.2, 0.25) is 0 Å². The zero-order valence-corrected chi connectivity index (χ0v) is 10.9. The number of anilines is 1. The molecule has 92 valence electrons. The molecule has 3 heteroatoms.